The van der Waals surface area contributed by atoms with E-state index in [2.05, 4.69) is 15.9 Å². The zero-order valence-electron chi connectivity index (χ0n) is 10.1. The number of ketones is 2. The molecule has 5 heteroatoms. The van der Waals surface area contributed by atoms with Gasteiger partial charge in [-0.25, -0.2) is 0 Å². The molecular weight excluding hydrogens is 300 g/mol. The second-order valence-corrected chi connectivity index (χ2v) is 4.53. The van der Waals surface area contributed by atoms with Gasteiger partial charge in [0.25, 0.3) is 0 Å². The Hall–Kier alpha value is -1.49. The minimum Gasteiger partial charge on any atom is -0.465 e. The molecule has 0 saturated heterocycles. The average Bonchev–Trinajstić information content (AvgIpc) is 2.37. The third kappa shape index (κ3) is 3.50. The molecule has 0 aliphatic rings. The Labute approximate surface area is 113 Å². The second kappa shape index (κ2) is 6.44. The van der Waals surface area contributed by atoms with Gasteiger partial charge in [-0.05, 0) is 13.8 Å². The van der Waals surface area contributed by atoms with Crippen LogP contribution in [0.4, 0.5) is 0 Å². The molecule has 1 rings (SSSR count). The van der Waals surface area contributed by atoms with Crippen LogP contribution in [0, 0.1) is 0 Å². The van der Waals surface area contributed by atoms with Gasteiger partial charge >= 0.3 is 5.97 Å². The SMILES string of the molecule is CCOC(=O)C(Br)C(=O)c1ccc(C(C)=O)cc1. The molecule has 1 aromatic rings. The third-order valence-corrected chi connectivity index (χ3v) is 3.09. The van der Waals surface area contributed by atoms with Crippen molar-refractivity contribution in [1.82, 2.24) is 0 Å². The topological polar surface area (TPSA) is 60.4 Å². The van der Waals surface area contributed by atoms with Crippen LogP contribution in [0.25, 0.3) is 0 Å². The van der Waals surface area contributed by atoms with Crippen molar-refractivity contribution in [3.8, 4) is 0 Å². The van der Waals surface area contributed by atoms with Gasteiger partial charge in [-0.15, -0.1) is 0 Å². The molecule has 0 aromatic heterocycles. The Balaban J connectivity index is 2.84. The Kier molecular flexibility index (Phi) is 5.22. The lowest BCUT2D eigenvalue weighted by Crippen LogP contribution is -2.26. The molecule has 0 heterocycles. The summed E-state index contributed by atoms with van der Waals surface area (Å²) in [5.41, 5.74) is 0.878. The van der Waals surface area contributed by atoms with Crippen molar-refractivity contribution in [2.75, 3.05) is 6.61 Å². The van der Waals surface area contributed by atoms with Crippen molar-refractivity contribution in [2.24, 2.45) is 0 Å². The molecule has 0 spiro atoms. The number of hydrogen-bond donors (Lipinski definition) is 0. The highest BCUT2D eigenvalue weighted by atomic mass is 79.9. The van der Waals surface area contributed by atoms with Crippen LogP contribution in [-0.2, 0) is 9.53 Å². The smallest absolute Gasteiger partial charge is 0.327 e. The standard InChI is InChI=1S/C13H13BrO4/c1-3-18-13(17)11(14)12(16)10-6-4-9(5-7-10)8(2)15/h4-7,11H,3H2,1-2H3. The van der Waals surface area contributed by atoms with Crippen molar-refractivity contribution in [3.63, 3.8) is 0 Å². The van der Waals surface area contributed by atoms with Gasteiger partial charge in [0.15, 0.2) is 16.4 Å². The molecule has 1 atom stereocenters. The molecule has 96 valence electrons. The van der Waals surface area contributed by atoms with E-state index in [1.807, 2.05) is 0 Å². The lowest BCUT2D eigenvalue weighted by Gasteiger charge is -2.08. The largest absolute Gasteiger partial charge is 0.465 e. The van der Waals surface area contributed by atoms with E-state index in [-0.39, 0.29) is 18.2 Å². The number of alkyl halides is 1. The van der Waals surface area contributed by atoms with Gasteiger partial charge in [0.05, 0.1) is 6.61 Å². The molecule has 0 aliphatic carbocycles. The van der Waals surface area contributed by atoms with E-state index in [4.69, 9.17) is 4.74 Å². The van der Waals surface area contributed by atoms with Crippen LogP contribution in [-0.4, -0.2) is 29.0 Å². The van der Waals surface area contributed by atoms with Gasteiger partial charge in [-0.2, -0.15) is 0 Å². The zero-order chi connectivity index (χ0) is 13.7. The molecule has 0 saturated carbocycles. The number of Topliss-reactive ketones (excluding diaryl/α,β-unsaturated/α-hetero) is 2. The predicted molar refractivity (Wildman–Crippen MR) is 70.1 cm³/mol. The minimum atomic E-state index is -1.01. The van der Waals surface area contributed by atoms with Crippen LogP contribution in [0.5, 0.6) is 0 Å². The molecule has 0 fully saturated rings. The third-order valence-electron chi connectivity index (χ3n) is 2.30. The fourth-order valence-corrected chi connectivity index (χ4v) is 1.73. The van der Waals surface area contributed by atoms with Gasteiger partial charge in [0.1, 0.15) is 0 Å². The highest BCUT2D eigenvalue weighted by molar-refractivity contribution is 9.10. The Bertz CT molecular complexity index is 464. The van der Waals surface area contributed by atoms with Crippen LogP contribution >= 0.6 is 15.9 Å². The van der Waals surface area contributed by atoms with E-state index in [0.717, 1.165) is 0 Å². The Morgan fingerprint density at radius 2 is 1.67 bits per heavy atom. The summed E-state index contributed by atoms with van der Waals surface area (Å²) in [6.45, 7) is 3.34. The maximum Gasteiger partial charge on any atom is 0.327 e. The zero-order valence-corrected chi connectivity index (χ0v) is 11.7. The fourth-order valence-electron chi connectivity index (χ4n) is 1.34. The predicted octanol–water partition coefficient (Wildman–Crippen LogP) is 2.40. The Morgan fingerprint density at radius 3 is 2.11 bits per heavy atom. The first-order chi connectivity index (χ1) is 8.47. The highest BCUT2D eigenvalue weighted by Gasteiger charge is 2.25. The van der Waals surface area contributed by atoms with Crippen molar-refractivity contribution in [1.29, 1.82) is 0 Å². The van der Waals surface area contributed by atoms with Crippen LogP contribution in [0.3, 0.4) is 0 Å². The van der Waals surface area contributed by atoms with Crippen LogP contribution in [0.1, 0.15) is 34.6 Å². The minimum absolute atomic E-state index is 0.0743. The number of hydrogen-bond acceptors (Lipinski definition) is 4. The molecule has 4 nitrogen and oxygen atoms in total. The van der Waals surface area contributed by atoms with Gasteiger partial charge in [0, 0.05) is 11.1 Å². The van der Waals surface area contributed by atoms with E-state index >= 15 is 0 Å². The lowest BCUT2D eigenvalue weighted by atomic mass is 10.0. The number of carbonyl (C=O) groups is 3. The average molecular weight is 313 g/mol. The maximum atomic E-state index is 11.9. The summed E-state index contributed by atoms with van der Waals surface area (Å²) in [7, 11) is 0. The van der Waals surface area contributed by atoms with Crippen LogP contribution in [0.15, 0.2) is 24.3 Å². The quantitative estimate of drug-likeness (QED) is 0.362. The summed E-state index contributed by atoms with van der Waals surface area (Å²) in [6.07, 6.45) is 0. The number of halogens is 1. The number of benzene rings is 1. The molecule has 18 heavy (non-hydrogen) atoms. The molecule has 0 amide bonds. The van der Waals surface area contributed by atoms with E-state index in [0.29, 0.717) is 11.1 Å². The van der Waals surface area contributed by atoms with Crippen molar-refractivity contribution in [2.45, 2.75) is 18.7 Å². The van der Waals surface area contributed by atoms with E-state index in [9.17, 15) is 14.4 Å². The van der Waals surface area contributed by atoms with Crippen molar-refractivity contribution >= 4 is 33.5 Å². The van der Waals surface area contributed by atoms with Gasteiger partial charge in [-0.3, -0.25) is 14.4 Å². The monoisotopic (exact) mass is 312 g/mol. The molecule has 1 aromatic carbocycles. The Morgan fingerprint density at radius 1 is 1.17 bits per heavy atom. The van der Waals surface area contributed by atoms with Crippen LogP contribution < -0.4 is 0 Å². The number of rotatable bonds is 5. The summed E-state index contributed by atoms with van der Waals surface area (Å²) < 4.78 is 4.75. The molecule has 0 bridgehead atoms. The number of esters is 1. The first-order valence-corrected chi connectivity index (χ1v) is 6.34. The summed E-state index contributed by atoms with van der Waals surface area (Å²) in [4.78, 5) is 33.4. The molecule has 0 N–H and O–H groups in total. The van der Waals surface area contributed by atoms with Crippen molar-refractivity contribution < 1.29 is 19.1 Å². The van der Waals surface area contributed by atoms with E-state index in [1.165, 1.54) is 19.1 Å². The van der Waals surface area contributed by atoms with Gasteiger partial charge < -0.3 is 4.74 Å². The summed E-state index contributed by atoms with van der Waals surface area (Å²) >= 11 is 3.00. The molecule has 0 radical (unpaired) electrons. The first kappa shape index (κ1) is 14.6. The van der Waals surface area contributed by atoms with Gasteiger partial charge in [-0.1, -0.05) is 40.2 Å². The van der Waals surface area contributed by atoms with Crippen LogP contribution in [0.2, 0.25) is 0 Å². The molecule has 0 aliphatic heterocycles. The van der Waals surface area contributed by atoms with Gasteiger partial charge in [0.2, 0.25) is 0 Å². The second-order valence-electron chi connectivity index (χ2n) is 3.61. The number of ether oxygens (including phenoxy) is 1. The summed E-state index contributed by atoms with van der Waals surface area (Å²) in [6, 6.07) is 6.15. The summed E-state index contributed by atoms with van der Waals surface area (Å²) in [5.74, 6) is -1.07. The summed E-state index contributed by atoms with van der Waals surface area (Å²) in [5, 5.41) is 0. The highest BCUT2D eigenvalue weighted by Crippen LogP contribution is 2.13. The maximum absolute atomic E-state index is 11.9. The fraction of sp³-hybridized carbons (Fsp3) is 0.308. The normalized spacial score (nSPS) is 11.7. The molecule has 1 unspecified atom stereocenters. The van der Waals surface area contributed by atoms with Crippen molar-refractivity contribution in [3.05, 3.63) is 35.4 Å². The van der Waals surface area contributed by atoms with E-state index < -0.39 is 10.8 Å². The first-order valence-electron chi connectivity index (χ1n) is 5.43. The lowest BCUT2D eigenvalue weighted by molar-refractivity contribution is -0.141. The van der Waals surface area contributed by atoms with E-state index in [1.54, 1.807) is 19.1 Å². The number of carbonyl (C=O) groups excluding carboxylic acids is 3. The molecular formula is C13H13BrO4.